The van der Waals surface area contributed by atoms with Crippen LogP contribution in [0.25, 0.3) is 11.3 Å². The van der Waals surface area contributed by atoms with E-state index in [9.17, 15) is 4.79 Å². The molecule has 3 rings (SSSR count). The number of amides is 1. The van der Waals surface area contributed by atoms with Gasteiger partial charge in [-0.15, -0.1) is 0 Å². The third-order valence-corrected chi connectivity index (χ3v) is 3.97. The number of hydrogen-bond donors (Lipinski definition) is 1. The van der Waals surface area contributed by atoms with Crippen molar-refractivity contribution in [2.45, 2.75) is 13.0 Å². The van der Waals surface area contributed by atoms with Gasteiger partial charge in [-0.2, -0.15) is 0 Å². The Bertz CT molecular complexity index is 639. The van der Waals surface area contributed by atoms with E-state index in [0.717, 1.165) is 18.5 Å². The lowest BCUT2D eigenvalue weighted by atomic mass is 10.1. The number of likely N-dealkylation sites (tertiary alicyclic amines) is 1. The summed E-state index contributed by atoms with van der Waals surface area (Å²) in [4.78, 5) is 17.6. The second-order valence-corrected chi connectivity index (χ2v) is 5.68. The number of carbonyl (C=O) groups excluding carboxylic acids is 1. The first-order chi connectivity index (χ1) is 10.1. The number of halogens is 1. The van der Waals surface area contributed by atoms with Crippen LogP contribution in [-0.4, -0.2) is 28.9 Å². The molecule has 1 aromatic carbocycles. The maximum atomic E-state index is 11.2. The van der Waals surface area contributed by atoms with Crippen molar-refractivity contribution in [3.05, 3.63) is 41.4 Å². The molecular weight excluding hydrogens is 290 g/mol. The van der Waals surface area contributed by atoms with Crippen molar-refractivity contribution in [3.8, 4) is 11.3 Å². The number of nitrogens with zero attached hydrogens (tertiary/aromatic N) is 2. The number of hydrogen-bond acceptors (Lipinski definition) is 4. The molecule has 1 aliphatic rings. The molecule has 1 amide bonds. The zero-order chi connectivity index (χ0) is 14.8. The summed E-state index contributed by atoms with van der Waals surface area (Å²) in [5, 5.41) is 0.688. The fraction of sp³-hybridized carbons (Fsp3) is 0.333. The molecule has 1 aliphatic heterocycles. The summed E-state index contributed by atoms with van der Waals surface area (Å²) < 4.78 is 5.76. The largest absolute Gasteiger partial charge is 0.439 e. The van der Waals surface area contributed by atoms with Crippen LogP contribution in [-0.2, 0) is 11.3 Å². The molecule has 2 N–H and O–H groups in total. The van der Waals surface area contributed by atoms with Crippen molar-refractivity contribution >= 4 is 17.5 Å². The fourth-order valence-corrected chi connectivity index (χ4v) is 2.66. The molecule has 1 aromatic heterocycles. The van der Waals surface area contributed by atoms with E-state index < -0.39 is 0 Å². The second-order valence-electron chi connectivity index (χ2n) is 5.25. The van der Waals surface area contributed by atoms with E-state index in [1.54, 1.807) is 6.20 Å². The minimum atomic E-state index is -0.230. The zero-order valence-corrected chi connectivity index (χ0v) is 12.2. The number of oxazole rings is 1. The summed E-state index contributed by atoms with van der Waals surface area (Å²) in [5.41, 5.74) is 6.27. The summed E-state index contributed by atoms with van der Waals surface area (Å²) >= 11 is 5.87. The molecule has 1 fully saturated rings. The average Bonchev–Trinajstić information content (AvgIpc) is 3.10. The molecule has 0 aliphatic carbocycles. The average molecular weight is 306 g/mol. The van der Waals surface area contributed by atoms with Crippen LogP contribution in [0.1, 0.15) is 12.3 Å². The smallest absolute Gasteiger partial charge is 0.221 e. The molecule has 110 valence electrons. The Morgan fingerprint density at radius 3 is 2.86 bits per heavy atom. The molecule has 5 nitrogen and oxygen atoms in total. The van der Waals surface area contributed by atoms with Gasteiger partial charge in [0.25, 0.3) is 0 Å². The predicted molar refractivity (Wildman–Crippen MR) is 79.5 cm³/mol. The number of benzene rings is 1. The monoisotopic (exact) mass is 305 g/mol. The summed E-state index contributed by atoms with van der Waals surface area (Å²) in [6, 6.07) is 7.42. The Balaban J connectivity index is 1.66. The molecule has 0 spiro atoms. The SMILES string of the molecule is NC(=O)[C@H]1CCN(Cc2ncc(-c3ccc(Cl)cc3)o2)C1. The van der Waals surface area contributed by atoms with Crippen molar-refractivity contribution in [1.29, 1.82) is 0 Å². The molecule has 1 atom stereocenters. The third-order valence-electron chi connectivity index (χ3n) is 3.72. The lowest BCUT2D eigenvalue weighted by molar-refractivity contribution is -0.121. The van der Waals surface area contributed by atoms with Gasteiger partial charge in [0.2, 0.25) is 11.8 Å². The first-order valence-corrected chi connectivity index (χ1v) is 7.22. The molecule has 2 aromatic rings. The van der Waals surface area contributed by atoms with Crippen LogP contribution in [0.2, 0.25) is 5.02 Å². The minimum absolute atomic E-state index is 0.0595. The molecule has 6 heteroatoms. The van der Waals surface area contributed by atoms with Crippen LogP contribution in [0.4, 0.5) is 0 Å². The molecule has 1 saturated heterocycles. The zero-order valence-electron chi connectivity index (χ0n) is 11.5. The number of rotatable bonds is 4. The first-order valence-electron chi connectivity index (χ1n) is 6.84. The lowest BCUT2D eigenvalue weighted by Crippen LogP contribution is -2.27. The van der Waals surface area contributed by atoms with E-state index in [0.29, 0.717) is 29.8 Å². The molecular formula is C15H16ClN3O2. The summed E-state index contributed by atoms with van der Waals surface area (Å²) in [6.45, 7) is 2.11. The minimum Gasteiger partial charge on any atom is -0.439 e. The Hall–Kier alpha value is -1.85. The highest BCUT2D eigenvalue weighted by atomic mass is 35.5. The second kappa shape index (κ2) is 5.87. The third kappa shape index (κ3) is 3.25. The molecule has 0 radical (unpaired) electrons. The van der Waals surface area contributed by atoms with Gasteiger partial charge in [-0.05, 0) is 37.2 Å². The first kappa shape index (κ1) is 14.1. The van der Waals surface area contributed by atoms with Crippen LogP contribution >= 0.6 is 11.6 Å². The van der Waals surface area contributed by atoms with E-state index in [-0.39, 0.29) is 11.8 Å². The van der Waals surface area contributed by atoms with Crippen LogP contribution in [0, 0.1) is 5.92 Å². The van der Waals surface area contributed by atoms with Crippen LogP contribution in [0.5, 0.6) is 0 Å². The van der Waals surface area contributed by atoms with Gasteiger partial charge in [-0.1, -0.05) is 11.6 Å². The van der Waals surface area contributed by atoms with E-state index in [4.69, 9.17) is 21.8 Å². The Morgan fingerprint density at radius 1 is 1.43 bits per heavy atom. The predicted octanol–water partition coefficient (Wildman–Crippen LogP) is 2.30. The number of aromatic nitrogens is 1. The van der Waals surface area contributed by atoms with Crippen LogP contribution in [0.3, 0.4) is 0 Å². The molecule has 0 bridgehead atoms. The molecule has 2 heterocycles. The van der Waals surface area contributed by atoms with E-state index >= 15 is 0 Å². The molecule has 0 saturated carbocycles. The summed E-state index contributed by atoms with van der Waals surface area (Å²) in [7, 11) is 0. The van der Waals surface area contributed by atoms with Crippen molar-refractivity contribution < 1.29 is 9.21 Å². The number of carbonyl (C=O) groups is 1. The van der Waals surface area contributed by atoms with Crippen molar-refractivity contribution in [2.24, 2.45) is 11.7 Å². The van der Waals surface area contributed by atoms with E-state index in [1.807, 2.05) is 24.3 Å². The maximum absolute atomic E-state index is 11.2. The highest BCUT2D eigenvalue weighted by Gasteiger charge is 2.27. The van der Waals surface area contributed by atoms with E-state index in [1.165, 1.54) is 0 Å². The number of nitrogens with two attached hydrogens (primary N) is 1. The van der Waals surface area contributed by atoms with Crippen LogP contribution < -0.4 is 5.73 Å². The highest BCUT2D eigenvalue weighted by Crippen LogP contribution is 2.24. The van der Waals surface area contributed by atoms with Gasteiger partial charge in [-0.3, -0.25) is 9.69 Å². The van der Waals surface area contributed by atoms with Gasteiger partial charge in [0.15, 0.2) is 5.76 Å². The summed E-state index contributed by atoms with van der Waals surface area (Å²) in [6.07, 6.45) is 2.51. The molecule has 21 heavy (non-hydrogen) atoms. The van der Waals surface area contributed by atoms with Gasteiger partial charge in [0, 0.05) is 17.1 Å². The lowest BCUT2D eigenvalue weighted by Gasteiger charge is -2.12. The number of primary amides is 1. The van der Waals surface area contributed by atoms with Gasteiger partial charge >= 0.3 is 0 Å². The Kier molecular flexibility index (Phi) is 3.94. The standard InChI is InChI=1S/C15H16ClN3O2/c16-12-3-1-10(2-4-12)13-7-18-14(21-13)9-19-6-5-11(8-19)15(17)20/h1-4,7,11H,5-6,8-9H2,(H2,17,20)/t11-/m0/s1. The van der Waals surface area contributed by atoms with Crippen LogP contribution in [0.15, 0.2) is 34.9 Å². The normalized spacial score (nSPS) is 19.0. The highest BCUT2D eigenvalue weighted by molar-refractivity contribution is 6.30. The van der Waals surface area contributed by atoms with Crippen molar-refractivity contribution in [2.75, 3.05) is 13.1 Å². The van der Waals surface area contributed by atoms with Gasteiger partial charge in [-0.25, -0.2) is 4.98 Å². The Labute approximate surface area is 127 Å². The van der Waals surface area contributed by atoms with Crippen molar-refractivity contribution in [3.63, 3.8) is 0 Å². The summed E-state index contributed by atoms with van der Waals surface area (Å²) in [5.74, 6) is 1.07. The fourth-order valence-electron chi connectivity index (χ4n) is 2.53. The van der Waals surface area contributed by atoms with Gasteiger partial charge in [0.1, 0.15) is 0 Å². The maximum Gasteiger partial charge on any atom is 0.221 e. The van der Waals surface area contributed by atoms with Gasteiger partial charge < -0.3 is 10.2 Å². The molecule has 0 unspecified atom stereocenters. The quantitative estimate of drug-likeness (QED) is 0.940. The van der Waals surface area contributed by atoms with Crippen molar-refractivity contribution in [1.82, 2.24) is 9.88 Å². The Morgan fingerprint density at radius 2 is 2.19 bits per heavy atom. The topological polar surface area (TPSA) is 72.4 Å². The van der Waals surface area contributed by atoms with Gasteiger partial charge in [0.05, 0.1) is 18.7 Å². The van der Waals surface area contributed by atoms with E-state index in [2.05, 4.69) is 9.88 Å².